The van der Waals surface area contributed by atoms with Gasteiger partial charge in [0.1, 0.15) is 5.76 Å². The lowest BCUT2D eigenvalue weighted by Gasteiger charge is -2.21. The molecule has 1 atom stereocenters. The average molecular weight is 263 g/mol. The van der Waals surface area contributed by atoms with Gasteiger partial charge in [0.2, 0.25) is 11.6 Å². The van der Waals surface area contributed by atoms with Gasteiger partial charge in [-0.25, -0.2) is 0 Å². The molecule has 0 aromatic heterocycles. The van der Waals surface area contributed by atoms with Gasteiger partial charge in [0.05, 0.1) is 11.3 Å². The van der Waals surface area contributed by atoms with Crippen molar-refractivity contribution in [1.29, 1.82) is 0 Å². The quantitative estimate of drug-likeness (QED) is 0.464. The van der Waals surface area contributed by atoms with E-state index in [1.165, 1.54) is 12.5 Å². The van der Waals surface area contributed by atoms with Gasteiger partial charge in [-0.05, 0) is 39.5 Å². The number of ketones is 2. The second kappa shape index (κ2) is 5.87. The van der Waals surface area contributed by atoms with Crippen LogP contribution in [-0.2, 0) is 9.59 Å². The molecule has 1 aliphatic carbocycles. The van der Waals surface area contributed by atoms with Crippen molar-refractivity contribution in [3.05, 3.63) is 34.3 Å². The standard InChI is InChI=1S/C15H21NO3/c1-8(2)6-5-7-9(3)11-14(18)12(16)10(4)13(17)15(11)19/h6,9,18H,5,7,16H2,1-4H3/t9-/m1/s1. The fraction of sp³-hybridized carbons (Fsp3) is 0.467. The summed E-state index contributed by atoms with van der Waals surface area (Å²) in [5.41, 5.74) is 7.16. The van der Waals surface area contributed by atoms with Crippen LogP contribution < -0.4 is 5.73 Å². The van der Waals surface area contributed by atoms with Crippen LogP contribution in [0.5, 0.6) is 0 Å². The minimum absolute atomic E-state index is 0.0219. The minimum Gasteiger partial charge on any atom is -0.505 e. The summed E-state index contributed by atoms with van der Waals surface area (Å²) in [6, 6.07) is 0. The van der Waals surface area contributed by atoms with Crippen molar-refractivity contribution in [2.75, 3.05) is 0 Å². The zero-order chi connectivity index (χ0) is 14.7. The number of carbonyl (C=O) groups is 2. The lowest BCUT2D eigenvalue weighted by Crippen LogP contribution is -2.30. The molecule has 0 saturated carbocycles. The molecule has 0 bridgehead atoms. The number of aliphatic hydroxyl groups is 1. The zero-order valence-corrected chi connectivity index (χ0v) is 11.9. The third kappa shape index (κ3) is 3.13. The van der Waals surface area contributed by atoms with E-state index in [4.69, 9.17) is 5.73 Å². The molecule has 104 valence electrons. The normalized spacial score (nSPS) is 17.9. The predicted octanol–water partition coefficient (Wildman–Crippen LogP) is 2.57. The summed E-state index contributed by atoms with van der Waals surface area (Å²) in [5.74, 6) is -1.67. The molecule has 0 aromatic carbocycles. The summed E-state index contributed by atoms with van der Waals surface area (Å²) in [7, 11) is 0. The van der Waals surface area contributed by atoms with Gasteiger partial charge in [-0.2, -0.15) is 0 Å². The second-order valence-corrected chi connectivity index (χ2v) is 5.22. The third-order valence-electron chi connectivity index (χ3n) is 3.35. The first-order chi connectivity index (χ1) is 8.77. The van der Waals surface area contributed by atoms with Crippen LogP contribution in [0.3, 0.4) is 0 Å². The van der Waals surface area contributed by atoms with Crippen molar-refractivity contribution in [3.8, 4) is 0 Å². The largest absolute Gasteiger partial charge is 0.505 e. The molecule has 0 amide bonds. The number of Topliss-reactive ketones (excluding diaryl/α,β-unsaturated/α-hetero) is 2. The Morgan fingerprint density at radius 1 is 1.32 bits per heavy atom. The first-order valence-electron chi connectivity index (χ1n) is 6.39. The van der Waals surface area contributed by atoms with E-state index in [2.05, 4.69) is 6.08 Å². The molecule has 0 saturated heterocycles. The van der Waals surface area contributed by atoms with Crippen LogP contribution in [0.25, 0.3) is 0 Å². The average Bonchev–Trinajstić information content (AvgIpc) is 2.34. The lowest BCUT2D eigenvalue weighted by atomic mass is 9.84. The highest BCUT2D eigenvalue weighted by molar-refractivity contribution is 6.50. The van der Waals surface area contributed by atoms with Crippen molar-refractivity contribution in [1.82, 2.24) is 0 Å². The van der Waals surface area contributed by atoms with E-state index in [-0.39, 0.29) is 28.5 Å². The molecule has 1 rings (SSSR count). The van der Waals surface area contributed by atoms with E-state index in [9.17, 15) is 14.7 Å². The van der Waals surface area contributed by atoms with Gasteiger partial charge in [-0.1, -0.05) is 18.6 Å². The fourth-order valence-corrected chi connectivity index (χ4v) is 2.07. The molecular weight excluding hydrogens is 242 g/mol. The number of hydrogen-bond acceptors (Lipinski definition) is 4. The Balaban J connectivity index is 3.00. The van der Waals surface area contributed by atoms with E-state index in [1.807, 2.05) is 20.8 Å². The predicted molar refractivity (Wildman–Crippen MR) is 74.4 cm³/mol. The lowest BCUT2D eigenvalue weighted by molar-refractivity contribution is -0.132. The Bertz CT molecular complexity index is 505. The van der Waals surface area contributed by atoms with Crippen LogP contribution in [0.1, 0.15) is 40.5 Å². The highest BCUT2D eigenvalue weighted by atomic mass is 16.3. The summed E-state index contributed by atoms with van der Waals surface area (Å²) < 4.78 is 0. The topological polar surface area (TPSA) is 80.4 Å². The Morgan fingerprint density at radius 3 is 2.42 bits per heavy atom. The molecule has 1 aliphatic rings. The molecule has 0 heterocycles. The highest BCUT2D eigenvalue weighted by Gasteiger charge is 2.34. The van der Waals surface area contributed by atoms with Gasteiger partial charge in [-0.3, -0.25) is 9.59 Å². The van der Waals surface area contributed by atoms with Gasteiger partial charge in [0.15, 0.2) is 0 Å². The number of rotatable bonds is 4. The van der Waals surface area contributed by atoms with Gasteiger partial charge >= 0.3 is 0 Å². The molecule has 0 radical (unpaired) electrons. The van der Waals surface area contributed by atoms with Gasteiger partial charge in [-0.15, -0.1) is 0 Å². The molecule has 4 heteroatoms. The summed E-state index contributed by atoms with van der Waals surface area (Å²) in [5, 5.41) is 9.98. The van der Waals surface area contributed by atoms with Crippen LogP contribution in [0.2, 0.25) is 0 Å². The molecule has 3 N–H and O–H groups in total. The molecule has 0 aromatic rings. The number of carbonyl (C=O) groups excluding carboxylic acids is 2. The number of allylic oxidation sites excluding steroid dienone is 4. The zero-order valence-electron chi connectivity index (χ0n) is 11.9. The molecule has 0 aliphatic heterocycles. The van der Waals surface area contributed by atoms with Crippen molar-refractivity contribution in [3.63, 3.8) is 0 Å². The van der Waals surface area contributed by atoms with E-state index in [0.29, 0.717) is 6.42 Å². The van der Waals surface area contributed by atoms with Crippen molar-refractivity contribution in [2.24, 2.45) is 11.7 Å². The van der Waals surface area contributed by atoms with Crippen LogP contribution in [0.15, 0.2) is 34.3 Å². The van der Waals surface area contributed by atoms with E-state index in [0.717, 1.165) is 6.42 Å². The second-order valence-electron chi connectivity index (χ2n) is 5.22. The molecule has 0 fully saturated rings. The summed E-state index contributed by atoms with van der Waals surface area (Å²) >= 11 is 0. The Morgan fingerprint density at radius 2 is 1.89 bits per heavy atom. The van der Waals surface area contributed by atoms with Crippen LogP contribution >= 0.6 is 0 Å². The Labute approximate surface area is 113 Å². The van der Waals surface area contributed by atoms with E-state index < -0.39 is 11.6 Å². The highest BCUT2D eigenvalue weighted by Crippen LogP contribution is 2.28. The fourth-order valence-electron chi connectivity index (χ4n) is 2.07. The summed E-state index contributed by atoms with van der Waals surface area (Å²) in [6.07, 6.45) is 3.55. The molecule has 19 heavy (non-hydrogen) atoms. The minimum atomic E-state index is -0.631. The maximum atomic E-state index is 12.0. The Hall–Kier alpha value is -1.84. The Kier molecular flexibility index (Phi) is 4.70. The smallest absolute Gasteiger partial charge is 0.233 e. The maximum absolute atomic E-state index is 12.0. The molecule has 0 unspecified atom stereocenters. The number of aliphatic hydroxyl groups excluding tert-OH is 1. The maximum Gasteiger partial charge on any atom is 0.233 e. The monoisotopic (exact) mass is 263 g/mol. The van der Waals surface area contributed by atoms with Gasteiger partial charge < -0.3 is 10.8 Å². The third-order valence-corrected chi connectivity index (χ3v) is 3.35. The van der Waals surface area contributed by atoms with Crippen molar-refractivity contribution in [2.45, 2.75) is 40.5 Å². The van der Waals surface area contributed by atoms with E-state index >= 15 is 0 Å². The molecular formula is C15H21NO3. The van der Waals surface area contributed by atoms with Crippen LogP contribution in [0.4, 0.5) is 0 Å². The van der Waals surface area contributed by atoms with Crippen LogP contribution in [0, 0.1) is 5.92 Å². The molecule has 0 spiro atoms. The summed E-state index contributed by atoms with van der Waals surface area (Å²) in [4.78, 5) is 23.7. The van der Waals surface area contributed by atoms with Crippen molar-refractivity contribution >= 4 is 11.6 Å². The van der Waals surface area contributed by atoms with Gasteiger partial charge in [0, 0.05) is 5.57 Å². The van der Waals surface area contributed by atoms with Crippen LogP contribution in [-0.4, -0.2) is 16.7 Å². The summed E-state index contributed by atoms with van der Waals surface area (Å²) in [6.45, 7) is 7.28. The number of nitrogens with two attached hydrogens (primary N) is 1. The SMILES string of the molecule is CC(C)=CCC[C@@H](C)C1=C(O)C(N)=C(C)C(=O)C1=O. The first kappa shape index (κ1) is 15.2. The first-order valence-corrected chi connectivity index (χ1v) is 6.39. The number of hydrogen-bond donors (Lipinski definition) is 2. The van der Waals surface area contributed by atoms with Crippen molar-refractivity contribution < 1.29 is 14.7 Å². The molecule has 4 nitrogen and oxygen atoms in total. The van der Waals surface area contributed by atoms with E-state index in [1.54, 1.807) is 0 Å². The van der Waals surface area contributed by atoms with Gasteiger partial charge in [0.25, 0.3) is 0 Å².